The van der Waals surface area contributed by atoms with Gasteiger partial charge in [-0.1, -0.05) is 62.4 Å². The average molecular weight is 1130 g/mol. The number of hydrogen-bond acceptors (Lipinski definition) is 16. The van der Waals surface area contributed by atoms with Gasteiger partial charge in [-0.15, -0.1) is 32.2 Å². The van der Waals surface area contributed by atoms with Gasteiger partial charge in [-0.05, 0) is 55.4 Å². The van der Waals surface area contributed by atoms with Gasteiger partial charge in [0.1, 0.15) is 0 Å². The summed E-state index contributed by atoms with van der Waals surface area (Å²) < 4.78 is 0. The Morgan fingerprint density at radius 1 is 0.467 bits per heavy atom. The molecule has 0 heterocycles. The molecule has 0 radical (unpaired) electrons. The quantitative estimate of drug-likeness (QED) is 0.101. The first-order chi connectivity index (χ1) is 25.5. The van der Waals surface area contributed by atoms with Gasteiger partial charge in [0.05, 0.1) is 22.4 Å². The maximum Gasteiger partial charge on any atom is 2.00 e. The minimum absolute atomic E-state index is 0. The molecule has 0 spiro atoms. The van der Waals surface area contributed by atoms with E-state index in [0.29, 0.717) is 0 Å². The van der Waals surface area contributed by atoms with Gasteiger partial charge in [-0.2, -0.15) is 0 Å². The molecule has 0 aromatic heterocycles. The Morgan fingerprint density at radius 3 is 0.567 bits per heavy atom. The van der Waals surface area contributed by atoms with Gasteiger partial charge in [0.25, 0.3) is 0 Å². The van der Waals surface area contributed by atoms with Gasteiger partial charge >= 0.3 is 70.2 Å². The summed E-state index contributed by atoms with van der Waals surface area (Å²) in [5.74, 6) is -3.94. The third-order valence-corrected chi connectivity index (χ3v) is 4.24. The fourth-order valence-corrected chi connectivity index (χ4v) is 0.837. The molecule has 0 bridgehead atoms. The van der Waals surface area contributed by atoms with Crippen molar-refractivity contribution < 1.29 is 151 Å². The summed E-state index contributed by atoms with van der Waals surface area (Å²) in [5.41, 5.74) is 0. The van der Waals surface area contributed by atoms with Crippen molar-refractivity contribution in [2.45, 2.75) is 90.0 Å². The first-order valence-corrected chi connectivity index (χ1v) is 17.5. The van der Waals surface area contributed by atoms with E-state index < -0.39 is 34.6 Å². The number of hydrogen-bond donors (Lipinski definition) is 4. The number of aliphatic hydroxyl groups excluding tert-OH is 4. The Morgan fingerprint density at radius 2 is 0.567 bits per heavy atom. The maximum absolute atomic E-state index is 10.2. The second kappa shape index (κ2) is 102. The zero-order valence-electron chi connectivity index (χ0n) is 39.2. The predicted octanol–water partition coefficient (Wildman–Crippen LogP) is -1.15. The van der Waals surface area contributed by atoms with E-state index in [-0.39, 0.29) is 156 Å². The van der Waals surface area contributed by atoms with Crippen molar-refractivity contribution in [1.29, 1.82) is 0 Å². The van der Waals surface area contributed by atoms with Gasteiger partial charge in [0, 0.05) is 26.4 Å². The molecule has 0 amide bonds. The van der Waals surface area contributed by atoms with Crippen LogP contribution in [0.5, 0.6) is 0 Å². The van der Waals surface area contributed by atoms with Gasteiger partial charge in [-0.25, -0.2) is 34.8 Å². The van der Waals surface area contributed by atoms with Crippen molar-refractivity contribution >= 4 is 69.5 Å². The number of ketones is 4. The summed E-state index contributed by atoms with van der Waals surface area (Å²) in [6, 6.07) is 0. The third-order valence-electron chi connectivity index (χ3n) is 2.28. The molecule has 0 saturated heterocycles. The van der Waals surface area contributed by atoms with Crippen LogP contribution in [0.25, 0.3) is 0 Å². The number of halogens is 4. The average Bonchev–Trinajstić information content (AvgIpc) is 3.06. The molecular formula is C36H68Cl4Ni4O16. The van der Waals surface area contributed by atoms with Crippen molar-refractivity contribution in [3.63, 3.8) is 0 Å². The van der Waals surface area contributed by atoms with Gasteiger partial charge < -0.3 is 75.7 Å². The topological polar surface area (TPSA) is 334 Å². The van der Waals surface area contributed by atoms with Crippen LogP contribution < -0.4 is 40.9 Å². The van der Waals surface area contributed by atoms with E-state index in [1.807, 2.05) is 0 Å². The van der Waals surface area contributed by atoms with E-state index >= 15 is 0 Å². The summed E-state index contributed by atoms with van der Waals surface area (Å²) in [5, 5.41) is 105. The molecule has 0 aliphatic carbocycles. The molecule has 16 nitrogen and oxygen atoms in total. The summed E-state index contributed by atoms with van der Waals surface area (Å²) in [6.07, 6.45) is 0. The Labute approximate surface area is 424 Å². The van der Waals surface area contributed by atoms with Crippen molar-refractivity contribution in [2.75, 3.05) is 52.9 Å². The van der Waals surface area contributed by atoms with Gasteiger partial charge in [0.2, 0.25) is 0 Å². The van der Waals surface area contributed by atoms with Gasteiger partial charge in [0.15, 0.2) is 5.78 Å². The van der Waals surface area contributed by atoms with E-state index in [9.17, 15) is 39.6 Å². The van der Waals surface area contributed by atoms with Crippen LogP contribution in [-0.4, -0.2) is 96.4 Å². The minimum Gasteiger partial charge on any atom is -0.898 e. The molecule has 60 heavy (non-hydrogen) atoms. The monoisotopic (exact) mass is 1130 g/mol. The standard InChI is InChI=1S/C5H7ClO2.3C5H6ClO2.4C2H6O.4C2H5O.4Ni/c4*1-3(7)5(6)4(2)8;8*1-2-3;;;;/h7H,1-2H3;3*7H,1H2,2H3;4*3H,2H2,1H3;4*2H2,1H3;;;;/q;3*-1;;;;;4*-1;4*+2/p-1/b5-3+;;;;;;;;;;;;;;;. The van der Waals surface area contributed by atoms with Crippen LogP contribution in [0.15, 0.2) is 47.8 Å². The number of allylic oxidation sites excluding steroid dienone is 5. The van der Waals surface area contributed by atoms with Crippen LogP contribution in [0.3, 0.4) is 0 Å². The largest absolute Gasteiger partial charge is 2.00 e. The second-order valence-corrected chi connectivity index (χ2v) is 9.24. The molecule has 0 fully saturated rings. The van der Waals surface area contributed by atoms with Crippen LogP contribution in [0.1, 0.15) is 94.3 Å². The van der Waals surface area contributed by atoms with Crippen molar-refractivity contribution in [3.05, 3.63) is 63.9 Å². The van der Waals surface area contributed by atoms with E-state index in [1.165, 1.54) is 34.6 Å². The molecule has 0 rings (SSSR count). The zero-order chi connectivity index (χ0) is 48.6. The molecule has 376 valence electrons. The normalized spacial score (nSPS) is 7.42. The molecule has 0 aliphatic rings. The Hall–Kier alpha value is -0.736. The molecule has 0 saturated carbocycles. The van der Waals surface area contributed by atoms with E-state index in [1.54, 1.807) is 55.4 Å². The summed E-state index contributed by atoms with van der Waals surface area (Å²) in [7, 11) is 0. The Kier molecular flexibility index (Phi) is 183. The molecule has 0 atom stereocenters. The molecular weight excluding hydrogens is 1060 g/mol. The van der Waals surface area contributed by atoms with Crippen LogP contribution in [0, 0.1) is 16.1 Å². The van der Waals surface area contributed by atoms with Crippen LogP contribution >= 0.6 is 46.4 Å². The molecule has 0 aromatic rings. The SMILES string of the molecule is C=C([O-])[C-](Cl)C(C)=O.C=C([O-])[C-](Cl)C(C)=O.C=C([O-])[C-](Cl)C(C)=O.CC(=O)/C(Cl)=C(/C)[O-].CCO.CCO.CCO.CCO.CC[O-].CC[O-].CC[O-].CC[O-].[H+].[H+].[H+].[Ni+2].[Ni+2].[Ni+2].[Ni+2]. The minimum atomic E-state index is -0.626. The van der Waals surface area contributed by atoms with E-state index in [4.69, 9.17) is 87.3 Å². The third kappa shape index (κ3) is 185. The first-order valence-electron chi connectivity index (χ1n) is 16.0. The van der Waals surface area contributed by atoms with Gasteiger partial charge in [-0.3, -0.25) is 41.8 Å². The number of Topliss-reactive ketones (excluding diaryl/α,β-unsaturated/α-hetero) is 4. The summed E-state index contributed by atoms with van der Waals surface area (Å²) in [6.45, 7) is 28.9. The maximum atomic E-state index is 10.2. The van der Waals surface area contributed by atoms with Crippen LogP contribution in [-0.2, 0) is 85.1 Å². The Bertz CT molecular complexity index is 786. The van der Waals surface area contributed by atoms with Crippen molar-refractivity contribution in [1.82, 2.24) is 0 Å². The zero-order valence-corrected chi connectivity index (χ0v) is 43.2. The fourth-order valence-electron chi connectivity index (χ4n) is 0.837. The molecule has 0 aromatic carbocycles. The number of carbonyl (C=O) groups excluding carboxylic acids is 4. The predicted molar refractivity (Wildman–Crippen MR) is 213 cm³/mol. The molecule has 0 aliphatic heterocycles. The summed E-state index contributed by atoms with van der Waals surface area (Å²) in [4.78, 5) is 40.7. The van der Waals surface area contributed by atoms with E-state index in [0.717, 1.165) is 0 Å². The first kappa shape index (κ1) is 107. The van der Waals surface area contributed by atoms with E-state index in [2.05, 4.69) is 19.7 Å². The van der Waals surface area contributed by atoms with Crippen LogP contribution in [0.4, 0.5) is 0 Å². The fraction of sp³-hybridized carbons (Fsp3) is 0.583. The summed E-state index contributed by atoms with van der Waals surface area (Å²) >= 11 is 20.5. The number of carbonyl (C=O) groups is 4. The Balaban J connectivity index is -0.0000000201. The van der Waals surface area contributed by atoms with Crippen molar-refractivity contribution in [3.8, 4) is 0 Å². The molecule has 0 unspecified atom stereocenters. The molecule has 24 heteroatoms. The van der Waals surface area contributed by atoms with Crippen LogP contribution in [0.2, 0.25) is 0 Å². The number of aliphatic hydroxyl groups is 4. The molecule has 4 N–H and O–H groups in total. The second-order valence-electron chi connectivity index (χ2n) is 7.73. The smallest absolute Gasteiger partial charge is 0.898 e. The van der Waals surface area contributed by atoms with Crippen molar-refractivity contribution in [2.24, 2.45) is 0 Å². The number of rotatable bonds is 7.